The fraction of sp³-hybridized carbons (Fsp3) is 0.684. The highest BCUT2D eigenvalue weighted by Crippen LogP contribution is 2.44. The van der Waals surface area contributed by atoms with Gasteiger partial charge in [-0.1, -0.05) is 26.8 Å². The second-order valence-corrected chi connectivity index (χ2v) is 8.27. The molecule has 1 unspecified atom stereocenters. The third kappa shape index (κ3) is 3.15. The predicted molar refractivity (Wildman–Crippen MR) is 86.1 cm³/mol. The summed E-state index contributed by atoms with van der Waals surface area (Å²) in [7, 11) is 0. The Labute approximate surface area is 128 Å². The smallest absolute Gasteiger partial charge is 0.123 e. The zero-order chi connectivity index (χ0) is 15.1. The van der Waals surface area contributed by atoms with Crippen molar-refractivity contribution in [3.63, 3.8) is 0 Å². The first-order chi connectivity index (χ1) is 9.88. The van der Waals surface area contributed by atoms with Crippen LogP contribution in [0.5, 0.6) is 0 Å². The second kappa shape index (κ2) is 5.39. The number of nitrogens with zero attached hydrogens (tertiary/aromatic N) is 1. The molecule has 1 aliphatic carbocycles. The Hall–Kier alpha value is -0.890. The van der Waals surface area contributed by atoms with Gasteiger partial charge in [-0.2, -0.15) is 0 Å². The number of hydrogen-bond donors (Lipinski definition) is 0. The topological polar surface area (TPSA) is 3.24 Å². The van der Waals surface area contributed by atoms with E-state index in [9.17, 15) is 4.39 Å². The van der Waals surface area contributed by atoms with Crippen LogP contribution in [0.2, 0.25) is 0 Å². The van der Waals surface area contributed by atoms with Crippen LogP contribution in [0.25, 0.3) is 0 Å². The van der Waals surface area contributed by atoms with Crippen molar-refractivity contribution in [2.45, 2.75) is 58.3 Å². The van der Waals surface area contributed by atoms with E-state index >= 15 is 0 Å². The van der Waals surface area contributed by atoms with Gasteiger partial charge in [0.1, 0.15) is 5.82 Å². The quantitative estimate of drug-likeness (QED) is 0.772. The summed E-state index contributed by atoms with van der Waals surface area (Å²) in [5.74, 6) is -0.0665. The van der Waals surface area contributed by atoms with Crippen LogP contribution in [-0.4, -0.2) is 24.5 Å². The van der Waals surface area contributed by atoms with E-state index in [4.69, 9.17) is 0 Å². The van der Waals surface area contributed by atoms with Crippen molar-refractivity contribution >= 4 is 0 Å². The Morgan fingerprint density at radius 2 is 2.05 bits per heavy atom. The number of halogens is 1. The Bertz CT molecular complexity index is 517. The lowest BCUT2D eigenvalue weighted by Gasteiger charge is -2.36. The minimum absolute atomic E-state index is 0.0665. The van der Waals surface area contributed by atoms with Gasteiger partial charge < -0.3 is 4.90 Å². The molecule has 2 heteroatoms. The molecule has 0 radical (unpaired) electrons. The minimum Gasteiger partial charge on any atom is -0.302 e. The molecule has 116 valence electrons. The van der Waals surface area contributed by atoms with Crippen LogP contribution < -0.4 is 0 Å². The molecule has 1 fully saturated rings. The van der Waals surface area contributed by atoms with Gasteiger partial charge in [-0.15, -0.1) is 0 Å². The molecule has 1 heterocycles. The van der Waals surface area contributed by atoms with Gasteiger partial charge in [-0.25, -0.2) is 4.39 Å². The van der Waals surface area contributed by atoms with Crippen LogP contribution in [0.1, 0.15) is 57.6 Å². The molecule has 1 saturated heterocycles. The molecular formula is C19H28FN. The van der Waals surface area contributed by atoms with Crippen LogP contribution in [0.4, 0.5) is 4.39 Å². The molecule has 0 bridgehead atoms. The van der Waals surface area contributed by atoms with Crippen molar-refractivity contribution in [1.82, 2.24) is 4.90 Å². The third-order valence-electron chi connectivity index (χ3n) is 5.36. The summed E-state index contributed by atoms with van der Waals surface area (Å²) >= 11 is 0. The summed E-state index contributed by atoms with van der Waals surface area (Å²) in [4.78, 5) is 2.60. The predicted octanol–water partition coefficient (Wildman–Crippen LogP) is 4.54. The molecule has 1 nitrogen and oxygen atoms in total. The molecule has 0 amide bonds. The van der Waals surface area contributed by atoms with E-state index in [2.05, 4.69) is 25.7 Å². The van der Waals surface area contributed by atoms with Gasteiger partial charge in [0, 0.05) is 12.0 Å². The number of rotatable bonds is 2. The van der Waals surface area contributed by atoms with E-state index in [1.807, 2.05) is 12.1 Å². The van der Waals surface area contributed by atoms with Crippen LogP contribution in [0.15, 0.2) is 18.2 Å². The maximum Gasteiger partial charge on any atom is 0.123 e. The van der Waals surface area contributed by atoms with Gasteiger partial charge in [-0.05, 0) is 73.9 Å². The zero-order valence-corrected chi connectivity index (χ0v) is 13.7. The lowest BCUT2D eigenvalue weighted by atomic mass is 9.69. The minimum atomic E-state index is -0.0665. The average molecular weight is 289 g/mol. The molecule has 2 aliphatic rings. The average Bonchev–Trinajstić information content (AvgIpc) is 2.81. The van der Waals surface area contributed by atoms with Crippen molar-refractivity contribution in [3.05, 3.63) is 35.1 Å². The Morgan fingerprint density at radius 1 is 1.24 bits per heavy atom. The molecule has 21 heavy (non-hydrogen) atoms. The molecule has 0 saturated carbocycles. The zero-order valence-electron chi connectivity index (χ0n) is 13.7. The standard InChI is InChI=1S/C19H28FN/c1-18(2,3)9-11-21-12-10-19(14-21)8-4-5-15-6-7-16(20)13-17(15)19/h6-7,13H,4-5,8-12,14H2,1-3H3. The van der Waals surface area contributed by atoms with Crippen LogP contribution >= 0.6 is 0 Å². The van der Waals surface area contributed by atoms with E-state index in [0.29, 0.717) is 5.41 Å². The van der Waals surface area contributed by atoms with Crippen LogP contribution in [-0.2, 0) is 11.8 Å². The fourth-order valence-corrected chi connectivity index (χ4v) is 4.08. The van der Waals surface area contributed by atoms with E-state index in [-0.39, 0.29) is 11.2 Å². The van der Waals surface area contributed by atoms with Crippen molar-refractivity contribution in [3.8, 4) is 0 Å². The molecule has 1 aromatic carbocycles. The van der Waals surface area contributed by atoms with E-state index in [1.165, 1.54) is 49.9 Å². The molecular weight excluding hydrogens is 261 g/mol. The molecule has 1 aromatic rings. The number of benzene rings is 1. The lowest BCUT2D eigenvalue weighted by molar-refractivity contribution is 0.246. The number of hydrogen-bond acceptors (Lipinski definition) is 1. The van der Waals surface area contributed by atoms with Gasteiger partial charge >= 0.3 is 0 Å². The van der Waals surface area contributed by atoms with Gasteiger partial charge in [0.05, 0.1) is 0 Å². The summed E-state index contributed by atoms with van der Waals surface area (Å²) in [6.07, 6.45) is 6.05. The Morgan fingerprint density at radius 3 is 2.81 bits per heavy atom. The second-order valence-electron chi connectivity index (χ2n) is 8.27. The van der Waals surface area contributed by atoms with Gasteiger partial charge in [0.2, 0.25) is 0 Å². The summed E-state index contributed by atoms with van der Waals surface area (Å²) < 4.78 is 13.7. The number of aryl methyl sites for hydroxylation is 1. The van der Waals surface area contributed by atoms with Gasteiger partial charge in [0.25, 0.3) is 0 Å². The highest BCUT2D eigenvalue weighted by atomic mass is 19.1. The SMILES string of the molecule is CC(C)(C)CCN1CCC2(CCCc3ccc(F)cc32)C1. The maximum absolute atomic E-state index is 13.7. The van der Waals surface area contributed by atoms with Crippen LogP contribution in [0.3, 0.4) is 0 Å². The molecule has 0 N–H and O–H groups in total. The molecule has 1 spiro atoms. The largest absolute Gasteiger partial charge is 0.302 e. The summed E-state index contributed by atoms with van der Waals surface area (Å²) in [6, 6.07) is 5.47. The highest BCUT2D eigenvalue weighted by molar-refractivity contribution is 5.38. The monoisotopic (exact) mass is 289 g/mol. The van der Waals surface area contributed by atoms with Crippen LogP contribution in [0, 0.1) is 11.2 Å². The Balaban J connectivity index is 1.77. The van der Waals surface area contributed by atoms with Crippen molar-refractivity contribution < 1.29 is 4.39 Å². The first kappa shape index (κ1) is 15.0. The van der Waals surface area contributed by atoms with Crippen molar-refractivity contribution in [1.29, 1.82) is 0 Å². The molecule has 1 aliphatic heterocycles. The van der Waals surface area contributed by atoms with E-state index in [0.717, 1.165) is 13.0 Å². The molecule has 0 aromatic heterocycles. The highest BCUT2D eigenvalue weighted by Gasteiger charge is 2.42. The Kier molecular flexibility index (Phi) is 3.85. The fourth-order valence-electron chi connectivity index (χ4n) is 4.08. The lowest BCUT2D eigenvalue weighted by Crippen LogP contribution is -2.35. The normalized spacial score (nSPS) is 26.3. The van der Waals surface area contributed by atoms with Crippen molar-refractivity contribution in [2.24, 2.45) is 5.41 Å². The van der Waals surface area contributed by atoms with Gasteiger partial charge in [0.15, 0.2) is 0 Å². The van der Waals surface area contributed by atoms with E-state index in [1.54, 1.807) is 6.07 Å². The third-order valence-corrected chi connectivity index (χ3v) is 5.36. The maximum atomic E-state index is 13.7. The van der Waals surface area contributed by atoms with Gasteiger partial charge in [-0.3, -0.25) is 0 Å². The first-order valence-electron chi connectivity index (χ1n) is 8.39. The summed E-state index contributed by atoms with van der Waals surface area (Å²) in [5, 5.41) is 0. The summed E-state index contributed by atoms with van der Waals surface area (Å²) in [5.41, 5.74) is 3.33. The molecule has 1 atom stereocenters. The number of likely N-dealkylation sites (tertiary alicyclic amines) is 1. The number of fused-ring (bicyclic) bond motifs is 2. The molecule has 3 rings (SSSR count). The summed E-state index contributed by atoms with van der Waals surface area (Å²) in [6.45, 7) is 10.4. The van der Waals surface area contributed by atoms with Crippen molar-refractivity contribution in [2.75, 3.05) is 19.6 Å². The van der Waals surface area contributed by atoms with E-state index < -0.39 is 0 Å². The first-order valence-corrected chi connectivity index (χ1v) is 8.39.